The van der Waals surface area contributed by atoms with E-state index >= 15 is 0 Å². The molecule has 0 aliphatic rings. The molecule has 98 valence electrons. The Labute approximate surface area is 117 Å². The van der Waals surface area contributed by atoms with Crippen LogP contribution in [0.15, 0.2) is 40.9 Å². The van der Waals surface area contributed by atoms with Crippen LogP contribution in [0.1, 0.15) is 15.9 Å². The Hall–Kier alpha value is -1.88. The molecule has 0 bridgehead atoms. The van der Waals surface area contributed by atoms with E-state index < -0.39 is 5.97 Å². The Morgan fingerprint density at radius 3 is 2.42 bits per heavy atom. The number of hydrogen-bond donors (Lipinski definition) is 1. The van der Waals surface area contributed by atoms with Gasteiger partial charge in [-0.05, 0) is 64.8 Å². The summed E-state index contributed by atoms with van der Waals surface area (Å²) >= 11 is 3.07. The van der Waals surface area contributed by atoms with E-state index in [-0.39, 0.29) is 11.4 Å². The van der Waals surface area contributed by atoms with Crippen molar-refractivity contribution in [1.29, 1.82) is 0 Å². The highest BCUT2D eigenvalue weighted by molar-refractivity contribution is 9.10. The maximum atomic E-state index is 13.1. The van der Waals surface area contributed by atoms with Crippen molar-refractivity contribution in [2.24, 2.45) is 0 Å². The molecule has 0 radical (unpaired) electrons. The van der Waals surface area contributed by atoms with Crippen LogP contribution in [-0.4, -0.2) is 11.1 Å². The van der Waals surface area contributed by atoms with Gasteiger partial charge < -0.3 is 9.84 Å². The van der Waals surface area contributed by atoms with E-state index in [0.29, 0.717) is 21.5 Å². The molecule has 0 aromatic heterocycles. The van der Waals surface area contributed by atoms with Gasteiger partial charge in [-0.1, -0.05) is 0 Å². The molecule has 2 aromatic rings. The third kappa shape index (κ3) is 3.12. The predicted octanol–water partition coefficient (Wildman–Crippen LogP) is 4.39. The second-order valence-electron chi connectivity index (χ2n) is 3.96. The third-order valence-electron chi connectivity index (χ3n) is 2.56. The van der Waals surface area contributed by atoms with Crippen molar-refractivity contribution in [3.63, 3.8) is 0 Å². The maximum absolute atomic E-state index is 13.1. The van der Waals surface area contributed by atoms with Crippen LogP contribution >= 0.6 is 15.9 Å². The number of aryl methyl sites for hydroxylation is 1. The van der Waals surface area contributed by atoms with Crippen LogP contribution in [0.3, 0.4) is 0 Å². The summed E-state index contributed by atoms with van der Waals surface area (Å²) in [7, 11) is 0. The molecule has 0 fully saturated rings. The van der Waals surface area contributed by atoms with Crippen LogP contribution in [-0.2, 0) is 0 Å². The monoisotopic (exact) mass is 324 g/mol. The SMILES string of the molecule is Cc1cc(Oc2ccc(F)c(Br)c2)ccc1C(=O)O. The molecule has 0 spiro atoms. The zero-order chi connectivity index (χ0) is 14.0. The van der Waals surface area contributed by atoms with Gasteiger partial charge in [0.25, 0.3) is 0 Å². The predicted molar refractivity (Wildman–Crippen MR) is 72.3 cm³/mol. The summed E-state index contributed by atoms with van der Waals surface area (Å²) in [6.07, 6.45) is 0. The minimum atomic E-state index is -0.978. The van der Waals surface area contributed by atoms with Gasteiger partial charge in [0.05, 0.1) is 10.0 Å². The van der Waals surface area contributed by atoms with E-state index in [2.05, 4.69) is 15.9 Å². The average Bonchev–Trinajstić information content (AvgIpc) is 2.33. The fourth-order valence-electron chi connectivity index (χ4n) is 1.62. The van der Waals surface area contributed by atoms with E-state index in [4.69, 9.17) is 9.84 Å². The average molecular weight is 325 g/mol. The van der Waals surface area contributed by atoms with Gasteiger partial charge in [0.15, 0.2) is 0 Å². The molecular formula is C14H10BrFO3. The number of aromatic carboxylic acids is 1. The molecule has 0 atom stereocenters. The fourth-order valence-corrected chi connectivity index (χ4v) is 1.97. The first kappa shape index (κ1) is 13.5. The van der Waals surface area contributed by atoms with Crippen LogP contribution in [0.2, 0.25) is 0 Å². The minimum Gasteiger partial charge on any atom is -0.478 e. The van der Waals surface area contributed by atoms with Gasteiger partial charge in [-0.2, -0.15) is 0 Å². The van der Waals surface area contributed by atoms with Gasteiger partial charge in [0.2, 0.25) is 0 Å². The molecule has 2 aromatic carbocycles. The number of carboxylic acid groups (broad SMARTS) is 1. The standard InChI is InChI=1S/C14H10BrFO3/c1-8-6-9(2-4-11(8)14(17)18)19-10-3-5-13(16)12(15)7-10/h2-7H,1H3,(H,17,18). The molecule has 0 unspecified atom stereocenters. The Kier molecular flexibility index (Phi) is 3.85. The second-order valence-corrected chi connectivity index (χ2v) is 4.81. The molecule has 0 amide bonds. The second kappa shape index (κ2) is 5.40. The number of carboxylic acids is 1. The van der Waals surface area contributed by atoms with Crippen molar-refractivity contribution in [3.8, 4) is 11.5 Å². The summed E-state index contributed by atoms with van der Waals surface area (Å²) in [6.45, 7) is 1.69. The Balaban J connectivity index is 2.26. The van der Waals surface area contributed by atoms with Gasteiger partial charge in [0.1, 0.15) is 17.3 Å². The molecule has 0 aliphatic heterocycles. The lowest BCUT2D eigenvalue weighted by atomic mass is 10.1. The lowest BCUT2D eigenvalue weighted by Crippen LogP contribution is -1.99. The largest absolute Gasteiger partial charge is 0.478 e. The Bertz CT molecular complexity index is 641. The lowest BCUT2D eigenvalue weighted by molar-refractivity contribution is 0.0696. The maximum Gasteiger partial charge on any atom is 0.335 e. The Morgan fingerprint density at radius 2 is 1.84 bits per heavy atom. The highest BCUT2D eigenvalue weighted by atomic mass is 79.9. The summed E-state index contributed by atoms with van der Waals surface area (Å²) in [5, 5.41) is 8.92. The molecule has 0 heterocycles. The molecule has 0 aliphatic carbocycles. The van der Waals surface area contributed by atoms with Gasteiger partial charge >= 0.3 is 5.97 Å². The van der Waals surface area contributed by atoms with Crippen molar-refractivity contribution in [3.05, 3.63) is 57.8 Å². The molecule has 0 saturated carbocycles. The molecule has 0 saturated heterocycles. The van der Waals surface area contributed by atoms with Gasteiger partial charge in [-0.25, -0.2) is 9.18 Å². The molecule has 19 heavy (non-hydrogen) atoms. The number of halogens is 2. The first-order valence-electron chi connectivity index (χ1n) is 5.44. The van der Waals surface area contributed by atoms with Crippen LogP contribution in [0.5, 0.6) is 11.5 Å². The fraction of sp³-hybridized carbons (Fsp3) is 0.0714. The van der Waals surface area contributed by atoms with Crippen molar-refractivity contribution < 1.29 is 19.0 Å². The molecular weight excluding hydrogens is 315 g/mol. The normalized spacial score (nSPS) is 10.3. The molecule has 2 rings (SSSR count). The van der Waals surface area contributed by atoms with Gasteiger partial charge in [-0.15, -0.1) is 0 Å². The van der Waals surface area contributed by atoms with Crippen molar-refractivity contribution in [1.82, 2.24) is 0 Å². The van der Waals surface area contributed by atoms with Crippen molar-refractivity contribution >= 4 is 21.9 Å². The van der Waals surface area contributed by atoms with Crippen LogP contribution in [0, 0.1) is 12.7 Å². The third-order valence-corrected chi connectivity index (χ3v) is 3.16. The highest BCUT2D eigenvalue weighted by Crippen LogP contribution is 2.27. The summed E-state index contributed by atoms with van der Waals surface area (Å²) in [6, 6.07) is 8.97. The summed E-state index contributed by atoms with van der Waals surface area (Å²) in [5.41, 5.74) is 0.832. The van der Waals surface area contributed by atoms with Gasteiger partial charge in [-0.3, -0.25) is 0 Å². The Morgan fingerprint density at radius 1 is 1.21 bits per heavy atom. The first-order valence-corrected chi connectivity index (χ1v) is 6.23. The van der Waals surface area contributed by atoms with Crippen LogP contribution < -0.4 is 4.74 Å². The summed E-state index contributed by atoms with van der Waals surface area (Å²) in [4.78, 5) is 10.9. The lowest BCUT2D eigenvalue weighted by Gasteiger charge is -2.08. The number of ether oxygens (including phenoxy) is 1. The zero-order valence-electron chi connectivity index (χ0n) is 9.98. The summed E-state index contributed by atoms with van der Waals surface area (Å²) < 4.78 is 18.9. The van der Waals surface area contributed by atoms with Crippen molar-refractivity contribution in [2.45, 2.75) is 6.92 Å². The smallest absolute Gasteiger partial charge is 0.335 e. The van der Waals surface area contributed by atoms with E-state index in [9.17, 15) is 9.18 Å². The van der Waals surface area contributed by atoms with Gasteiger partial charge in [0, 0.05) is 0 Å². The highest BCUT2D eigenvalue weighted by Gasteiger charge is 2.08. The van der Waals surface area contributed by atoms with E-state index in [0.717, 1.165) is 0 Å². The molecule has 5 heteroatoms. The number of benzene rings is 2. The first-order chi connectivity index (χ1) is 8.97. The topological polar surface area (TPSA) is 46.5 Å². The minimum absolute atomic E-state index is 0.229. The number of hydrogen-bond acceptors (Lipinski definition) is 2. The van der Waals surface area contributed by atoms with E-state index in [1.54, 1.807) is 19.1 Å². The van der Waals surface area contributed by atoms with E-state index in [1.165, 1.54) is 24.3 Å². The number of rotatable bonds is 3. The number of carbonyl (C=O) groups is 1. The molecule has 1 N–H and O–H groups in total. The van der Waals surface area contributed by atoms with Crippen LogP contribution in [0.25, 0.3) is 0 Å². The van der Waals surface area contributed by atoms with E-state index in [1.807, 2.05) is 0 Å². The summed E-state index contributed by atoms with van der Waals surface area (Å²) in [5.74, 6) is -0.380. The van der Waals surface area contributed by atoms with Crippen LogP contribution in [0.4, 0.5) is 4.39 Å². The van der Waals surface area contributed by atoms with Crippen molar-refractivity contribution in [2.75, 3.05) is 0 Å². The quantitative estimate of drug-likeness (QED) is 0.910. The zero-order valence-corrected chi connectivity index (χ0v) is 11.6. The molecule has 3 nitrogen and oxygen atoms in total.